The molecule has 1 aliphatic heterocycles. The van der Waals surface area contributed by atoms with Crippen LogP contribution in [0.3, 0.4) is 0 Å². The van der Waals surface area contributed by atoms with Gasteiger partial charge in [-0.3, -0.25) is 14.5 Å². The van der Waals surface area contributed by atoms with E-state index in [2.05, 4.69) is 0 Å². The van der Waals surface area contributed by atoms with Gasteiger partial charge >= 0.3 is 0 Å². The van der Waals surface area contributed by atoms with Crippen LogP contribution in [-0.4, -0.2) is 36.0 Å². The van der Waals surface area contributed by atoms with Crippen molar-refractivity contribution in [1.82, 2.24) is 4.90 Å². The molecule has 2 amide bonds. The summed E-state index contributed by atoms with van der Waals surface area (Å²) in [4.78, 5) is 25.8. The number of nitrogens with zero attached hydrogens (tertiary/aromatic N) is 1. The molecule has 0 saturated heterocycles. The fourth-order valence-electron chi connectivity index (χ4n) is 3.00. The van der Waals surface area contributed by atoms with Crippen LogP contribution in [0.4, 0.5) is 4.39 Å². The van der Waals surface area contributed by atoms with E-state index in [-0.39, 0.29) is 0 Å². The molecular formula is C20H20FNO3. The van der Waals surface area contributed by atoms with Crippen molar-refractivity contribution in [1.29, 1.82) is 0 Å². The molecule has 0 aliphatic carbocycles. The fourth-order valence-corrected chi connectivity index (χ4v) is 3.00. The number of carbonyl (C=O) groups excluding carboxylic acids is 2. The number of hydrogen-bond acceptors (Lipinski definition) is 3. The van der Waals surface area contributed by atoms with Gasteiger partial charge in [0, 0.05) is 6.61 Å². The summed E-state index contributed by atoms with van der Waals surface area (Å²) in [5.41, 5.74) is 1.78. The Balaban J connectivity index is 1.52. The summed E-state index contributed by atoms with van der Waals surface area (Å²) >= 11 is 0. The van der Waals surface area contributed by atoms with Crippen molar-refractivity contribution >= 4 is 11.8 Å². The summed E-state index contributed by atoms with van der Waals surface area (Å²) in [5.74, 6) is -0.818. The summed E-state index contributed by atoms with van der Waals surface area (Å²) in [6.07, 6.45) is 0.964. The number of hydrogen-bond donors (Lipinski definition) is 0. The summed E-state index contributed by atoms with van der Waals surface area (Å²) < 4.78 is 19.0. The van der Waals surface area contributed by atoms with E-state index >= 15 is 0 Å². The number of amides is 2. The molecule has 2 aromatic carbocycles. The molecule has 0 aromatic heterocycles. The van der Waals surface area contributed by atoms with Crippen molar-refractivity contribution in [3.05, 3.63) is 71.3 Å². The zero-order valence-corrected chi connectivity index (χ0v) is 13.9. The van der Waals surface area contributed by atoms with Crippen molar-refractivity contribution in [2.45, 2.75) is 25.5 Å². The first kappa shape index (κ1) is 17.3. The van der Waals surface area contributed by atoms with Crippen LogP contribution in [0, 0.1) is 0 Å². The first-order valence-corrected chi connectivity index (χ1v) is 8.37. The van der Waals surface area contributed by atoms with E-state index in [0.717, 1.165) is 10.5 Å². The Labute approximate surface area is 146 Å². The number of rotatable bonds is 8. The quantitative estimate of drug-likeness (QED) is 0.544. The highest BCUT2D eigenvalue weighted by Gasteiger charge is 2.39. The average Bonchev–Trinajstić information content (AvgIpc) is 2.91. The monoisotopic (exact) mass is 341 g/mol. The molecule has 0 spiro atoms. The minimum absolute atomic E-state index is 0.353. The molecular weight excluding hydrogens is 321 g/mol. The van der Waals surface area contributed by atoms with Gasteiger partial charge in [0.1, 0.15) is 6.67 Å². The first-order chi connectivity index (χ1) is 12.2. The van der Waals surface area contributed by atoms with Crippen LogP contribution in [-0.2, 0) is 11.3 Å². The van der Waals surface area contributed by atoms with Gasteiger partial charge in [-0.2, -0.15) is 0 Å². The van der Waals surface area contributed by atoms with Crippen LogP contribution < -0.4 is 0 Å². The molecule has 1 aliphatic rings. The van der Waals surface area contributed by atoms with E-state index in [9.17, 15) is 14.0 Å². The van der Waals surface area contributed by atoms with Crippen molar-refractivity contribution in [2.75, 3.05) is 13.3 Å². The number of halogens is 1. The van der Waals surface area contributed by atoms with Crippen LogP contribution in [0.2, 0.25) is 0 Å². The molecule has 0 radical (unpaired) electrons. The van der Waals surface area contributed by atoms with Gasteiger partial charge in [0.05, 0.1) is 23.8 Å². The van der Waals surface area contributed by atoms with Crippen LogP contribution >= 0.6 is 0 Å². The molecule has 25 heavy (non-hydrogen) atoms. The second kappa shape index (κ2) is 8.03. The summed E-state index contributed by atoms with van der Waals surface area (Å²) in [6, 6.07) is 15.7. The Hall–Kier alpha value is -2.53. The van der Waals surface area contributed by atoms with E-state index in [0.29, 0.717) is 37.2 Å². The summed E-state index contributed by atoms with van der Waals surface area (Å²) in [7, 11) is 0. The molecule has 1 unspecified atom stereocenters. The van der Waals surface area contributed by atoms with Crippen molar-refractivity contribution in [3.8, 4) is 0 Å². The maximum Gasteiger partial charge on any atom is 0.261 e. The average molecular weight is 341 g/mol. The lowest BCUT2D eigenvalue weighted by Gasteiger charge is -2.23. The van der Waals surface area contributed by atoms with Gasteiger partial charge < -0.3 is 4.74 Å². The zero-order chi connectivity index (χ0) is 17.6. The smallest absolute Gasteiger partial charge is 0.261 e. The van der Waals surface area contributed by atoms with Gasteiger partial charge in [-0.1, -0.05) is 42.5 Å². The van der Waals surface area contributed by atoms with E-state index in [1.54, 1.807) is 24.3 Å². The van der Waals surface area contributed by atoms with Crippen LogP contribution in [0.5, 0.6) is 0 Å². The Kier molecular flexibility index (Phi) is 5.56. The van der Waals surface area contributed by atoms with Gasteiger partial charge in [0.15, 0.2) is 0 Å². The number of imide groups is 1. The highest BCUT2D eigenvalue weighted by atomic mass is 19.1. The molecule has 0 saturated carbocycles. The first-order valence-electron chi connectivity index (χ1n) is 8.37. The molecule has 3 rings (SSSR count). The third-order valence-electron chi connectivity index (χ3n) is 4.31. The highest BCUT2D eigenvalue weighted by Crippen LogP contribution is 2.26. The number of alkyl halides is 1. The second-order valence-electron chi connectivity index (χ2n) is 6.01. The Morgan fingerprint density at radius 1 is 0.920 bits per heavy atom. The lowest BCUT2D eigenvalue weighted by molar-refractivity contribution is 0.0526. The van der Waals surface area contributed by atoms with Crippen molar-refractivity contribution in [2.24, 2.45) is 0 Å². The third kappa shape index (κ3) is 3.77. The zero-order valence-electron chi connectivity index (χ0n) is 13.9. The van der Waals surface area contributed by atoms with Crippen molar-refractivity contribution < 1.29 is 18.7 Å². The van der Waals surface area contributed by atoms with Gasteiger partial charge in [0.25, 0.3) is 11.8 Å². The fraction of sp³-hybridized carbons (Fsp3) is 0.300. The summed E-state index contributed by atoms with van der Waals surface area (Å²) in [6.45, 7) is 0.201. The Bertz CT molecular complexity index is 713. The third-order valence-corrected chi connectivity index (χ3v) is 4.31. The van der Waals surface area contributed by atoms with Gasteiger partial charge in [0.2, 0.25) is 0 Å². The summed E-state index contributed by atoms with van der Waals surface area (Å²) in [5, 5.41) is 0. The molecule has 5 heteroatoms. The molecule has 4 nitrogen and oxygen atoms in total. The number of carbonyl (C=O) groups is 2. The SMILES string of the molecule is O=C1c2ccccc2C(=O)N1C(CF)CCCOCc1ccccc1. The number of fused-ring (bicyclic) bond motifs is 1. The van der Waals surface area contributed by atoms with Crippen molar-refractivity contribution in [3.63, 3.8) is 0 Å². The number of ether oxygens (including phenoxy) is 1. The van der Waals surface area contributed by atoms with Gasteiger partial charge in [-0.05, 0) is 30.5 Å². The molecule has 1 atom stereocenters. The second-order valence-corrected chi connectivity index (χ2v) is 6.01. The molecule has 1 heterocycles. The van der Waals surface area contributed by atoms with E-state index < -0.39 is 24.5 Å². The number of benzene rings is 2. The van der Waals surface area contributed by atoms with E-state index in [4.69, 9.17) is 4.74 Å². The highest BCUT2D eigenvalue weighted by molar-refractivity contribution is 6.21. The van der Waals surface area contributed by atoms with Gasteiger partial charge in [-0.25, -0.2) is 4.39 Å². The topological polar surface area (TPSA) is 46.6 Å². The van der Waals surface area contributed by atoms with E-state index in [1.165, 1.54) is 0 Å². The maximum atomic E-state index is 13.5. The Morgan fingerprint density at radius 3 is 2.12 bits per heavy atom. The molecule has 0 bridgehead atoms. The van der Waals surface area contributed by atoms with Gasteiger partial charge in [-0.15, -0.1) is 0 Å². The minimum Gasteiger partial charge on any atom is -0.377 e. The normalized spacial score (nSPS) is 14.7. The van der Waals surface area contributed by atoms with Crippen LogP contribution in [0.15, 0.2) is 54.6 Å². The Morgan fingerprint density at radius 2 is 1.52 bits per heavy atom. The largest absolute Gasteiger partial charge is 0.377 e. The molecule has 130 valence electrons. The predicted octanol–water partition coefficient (Wildman–Crippen LogP) is 3.62. The predicted molar refractivity (Wildman–Crippen MR) is 92.0 cm³/mol. The molecule has 0 fully saturated rings. The van der Waals surface area contributed by atoms with E-state index in [1.807, 2.05) is 30.3 Å². The maximum absolute atomic E-state index is 13.5. The standard InChI is InChI=1S/C20H20FNO3/c21-13-16(9-6-12-25-14-15-7-2-1-3-8-15)22-19(23)17-10-4-5-11-18(17)20(22)24/h1-5,7-8,10-11,16H,6,9,12-14H2. The lowest BCUT2D eigenvalue weighted by Crippen LogP contribution is -2.41. The van der Waals surface area contributed by atoms with Crippen LogP contribution in [0.25, 0.3) is 0 Å². The lowest BCUT2D eigenvalue weighted by atomic mass is 10.1. The van der Waals surface area contributed by atoms with Crippen LogP contribution in [0.1, 0.15) is 39.1 Å². The molecule has 2 aromatic rings. The minimum atomic E-state index is -0.746. The molecule has 0 N–H and O–H groups in total.